The van der Waals surface area contributed by atoms with Gasteiger partial charge < -0.3 is 19.7 Å². The summed E-state index contributed by atoms with van der Waals surface area (Å²) in [5.74, 6) is 1.22. The number of benzene rings is 2. The van der Waals surface area contributed by atoms with E-state index in [-0.39, 0.29) is 11.8 Å². The van der Waals surface area contributed by atoms with E-state index >= 15 is 0 Å². The summed E-state index contributed by atoms with van der Waals surface area (Å²) < 4.78 is 12.5. The average molecular weight is 500 g/mol. The van der Waals surface area contributed by atoms with Gasteiger partial charge in [-0.1, -0.05) is 12.1 Å². The van der Waals surface area contributed by atoms with Crippen LogP contribution in [0.1, 0.15) is 44.7 Å². The summed E-state index contributed by atoms with van der Waals surface area (Å²) >= 11 is 0. The van der Waals surface area contributed by atoms with E-state index in [0.717, 1.165) is 42.4 Å². The average Bonchev–Trinajstić information content (AvgIpc) is 3.62. The lowest BCUT2D eigenvalue weighted by Crippen LogP contribution is -2.28. The molecule has 0 bridgehead atoms. The van der Waals surface area contributed by atoms with Crippen molar-refractivity contribution in [1.82, 2.24) is 25.0 Å². The molecule has 1 N–H and O–H groups in total. The second kappa shape index (κ2) is 10.7. The summed E-state index contributed by atoms with van der Waals surface area (Å²) in [6, 6.07) is 14.8. The van der Waals surface area contributed by atoms with Gasteiger partial charge in [0.25, 0.3) is 11.8 Å². The first-order valence-electron chi connectivity index (χ1n) is 12.2. The van der Waals surface area contributed by atoms with Gasteiger partial charge in [-0.25, -0.2) is 9.67 Å². The second-order valence-electron chi connectivity index (χ2n) is 9.00. The topological polar surface area (TPSA) is 98.6 Å². The van der Waals surface area contributed by atoms with Crippen molar-refractivity contribution in [3.05, 3.63) is 83.2 Å². The Morgan fingerprint density at radius 2 is 1.81 bits per heavy atom. The summed E-state index contributed by atoms with van der Waals surface area (Å²) in [6.07, 6.45) is 5.35. The minimum atomic E-state index is -0.241. The van der Waals surface area contributed by atoms with Crippen LogP contribution < -0.4 is 14.8 Å². The summed E-state index contributed by atoms with van der Waals surface area (Å²) in [5, 5.41) is 8.15. The Morgan fingerprint density at radius 1 is 0.973 bits per heavy atom. The van der Waals surface area contributed by atoms with Gasteiger partial charge in [0.2, 0.25) is 0 Å². The Morgan fingerprint density at radius 3 is 2.59 bits per heavy atom. The third-order valence-electron chi connectivity index (χ3n) is 6.57. The number of likely N-dealkylation sites (tertiary alicyclic amines) is 1. The molecule has 0 saturated carbocycles. The number of nitrogens with one attached hydrogen (secondary N) is 1. The number of hydrogen-bond acceptors (Lipinski definition) is 6. The largest absolute Gasteiger partial charge is 0.497 e. The monoisotopic (exact) mass is 499 g/mol. The van der Waals surface area contributed by atoms with E-state index in [4.69, 9.17) is 9.47 Å². The van der Waals surface area contributed by atoms with Crippen LogP contribution in [0.15, 0.2) is 60.9 Å². The molecule has 1 saturated heterocycles. The van der Waals surface area contributed by atoms with E-state index in [9.17, 15) is 9.59 Å². The van der Waals surface area contributed by atoms with Crippen molar-refractivity contribution in [2.24, 2.45) is 0 Å². The van der Waals surface area contributed by atoms with E-state index in [1.807, 2.05) is 47.4 Å². The number of fused-ring (bicyclic) bond motifs is 1. The van der Waals surface area contributed by atoms with Crippen LogP contribution in [-0.4, -0.2) is 58.8 Å². The van der Waals surface area contributed by atoms with Gasteiger partial charge in [-0.2, -0.15) is 5.10 Å². The standard InChI is InChI=1S/C28H29N5O4/c1-36-24-9-8-21(25(14-24)37-2)18-33-26-22(17-31-33)13-23(16-29-26)27(34)30-15-19-6-5-7-20(12-19)28(35)32-10-3-4-11-32/h5-9,12-14,16-17H,3-4,10-11,15,18H2,1-2H3,(H,30,34). The number of hydrogen-bond donors (Lipinski definition) is 1. The first-order chi connectivity index (χ1) is 18.1. The molecule has 1 aliphatic heterocycles. The van der Waals surface area contributed by atoms with Crippen molar-refractivity contribution < 1.29 is 19.1 Å². The molecule has 9 heteroatoms. The van der Waals surface area contributed by atoms with E-state index < -0.39 is 0 Å². The second-order valence-corrected chi connectivity index (χ2v) is 9.00. The fraction of sp³-hybridized carbons (Fsp3) is 0.286. The summed E-state index contributed by atoms with van der Waals surface area (Å²) in [6.45, 7) is 2.38. The zero-order chi connectivity index (χ0) is 25.8. The first kappa shape index (κ1) is 24.3. The molecule has 1 fully saturated rings. The normalized spacial score (nSPS) is 13.1. The summed E-state index contributed by atoms with van der Waals surface area (Å²) in [7, 11) is 3.23. The molecule has 4 aromatic rings. The van der Waals surface area contributed by atoms with Crippen LogP contribution in [-0.2, 0) is 13.1 Å². The Labute approximate surface area is 215 Å². The molecule has 0 radical (unpaired) electrons. The van der Waals surface area contributed by atoms with Gasteiger partial charge in [0, 0.05) is 48.4 Å². The number of aromatic nitrogens is 3. The van der Waals surface area contributed by atoms with Crippen molar-refractivity contribution in [3.8, 4) is 11.5 Å². The van der Waals surface area contributed by atoms with Gasteiger partial charge in [-0.05, 0) is 48.7 Å². The van der Waals surface area contributed by atoms with Crippen LogP contribution in [0.3, 0.4) is 0 Å². The SMILES string of the molecule is COc1ccc(Cn2ncc3cc(C(=O)NCc4cccc(C(=O)N5CCCC5)c4)cnc32)c(OC)c1. The molecule has 2 aromatic heterocycles. The zero-order valence-corrected chi connectivity index (χ0v) is 20.9. The maximum atomic E-state index is 12.8. The van der Waals surface area contributed by atoms with Gasteiger partial charge in [0.05, 0.1) is 32.5 Å². The maximum Gasteiger partial charge on any atom is 0.253 e. The molecular formula is C28H29N5O4. The number of methoxy groups -OCH3 is 2. The fourth-order valence-corrected chi connectivity index (χ4v) is 4.56. The number of carbonyl (C=O) groups is 2. The molecule has 0 unspecified atom stereocenters. The zero-order valence-electron chi connectivity index (χ0n) is 20.9. The molecule has 2 amide bonds. The highest BCUT2D eigenvalue weighted by Crippen LogP contribution is 2.26. The molecule has 5 rings (SSSR count). The minimum absolute atomic E-state index is 0.0459. The highest BCUT2D eigenvalue weighted by Gasteiger charge is 2.19. The van der Waals surface area contributed by atoms with Gasteiger partial charge in [-0.15, -0.1) is 0 Å². The Kier molecular flexibility index (Phi) is 7.02. The predicted octanol–water partition coefficient (Wildman–Crippen LogP) is 3.66. The summed E-state index contributed by atoms with van der Waals surface area (Å²) in [5.41, 5.74) is 3.56. The fourth-order valence-electron chi connectivity index (χ4n) is 4.56. The van der Waals surface area contributed by atoms with E-state index in [1.165, 1.54) is 0 Å². The van der Waals surface area contributed by atoms with E-state index in [2.05, 4.69) is 15.4 Å². The van der Waals surface area contributed by atoms with Crippen LogP contribution in [0.2, 0.25) is 0 Å². The highest BCUT2D eigenvalue weighted by molar-refractivity contribution is 5.97. The molecular weight excluding hydrogens is 470 g/mol. The molecule has 0 aliphatic carbocycles. The summed E-state index contributed by atoms with van der Waals surface area (Å²) in [4.78, 5) is 31.9. The number of ether oxygens (including phenoxy) is 2. The Hall–Kier alpha value is -4.40. The van der Waals surface area contributed by atoms with E-state index in [1.54, 1.807) is 37.4 Å². The van der Waals surface area contributed by atoms with Crippen molar-refractivity contribution >= 4 is 22.8 Å². The highest BCUT2D eigenvalue weighted by atomic mass is 16.5. The molecule has 0 atom stereocenters. The molecule has 3 heterocycles. The predicted molar refractivity (Wildman–Crippen MR) is 139 cm³/mol. The first-order valence-corrected chi connectivity index (χ1v) is 12.2. The molecule has 2 aromatic carbocycles. The lowest BCUT2D eigenvalue weighted by molar-refractivity contribution is 0.0792. The molecule has 0 spiro atoms. The number of amides is 2. The van der Waals surface area contributed by atoms with E-state index in [0.29, 0.717) is 41.4 Å². The van der Waals surface area contributed by atoms with Gasteiger partial charge in [-0.3, -0.25) is 9.59 Å². The molecule has 1 aliphatic rings. The lowest BCUT2D eigenvalue weighted by Gasteiger charge is -2.15. The molecule has 190 valence electrons. The van der Waals surface area contributed by atoms with Crippen molar-refractivity contribution in [1.29, 1.82) is 0 Å². The van der Waals surface area contributed by atoms with Gasteiger partial charge >= 0.3 is 0 Å². The lowest BCUT2D eigenvalue weighted by atomic mass is 10.1. The van der Waals surface area contributed by atoms with Gasteiger partial charge in [0.1, 0.15) is 11.5 Å². The maximum absolute atomic E-state index is 12.8. The quantitative estimate of drug-likeness (QED) is 0.397. The van der Waals surface area contributed by atoms with Gasteiger partial charge in [0.15, 0.2) is 5.65 Å². The van der Waals surface area contributed by atoms with Crippen LogP contribution in [0, 0.1) is 0 Å². The number of nitrogens with zero attached hydrogens (tertiary/aromatic N) is 4. The molecule has 37 heavy (non-hydrogen) atoms. The third kappa shape index (κ3) is 5.25. The smallest absolute Gasteiger partial charge is 0.253 e. The van der Waals surface area contributed by atoms with Crippen molar-refractivity contribution in [3.63, 3.8) is 0 Å². The Bertz CT molecular complexity index is 1440. The number of pyridine rings is 1. The van der Waals surface area contributed by atoms with Crippen LogP contribution in [0.25, 0.3) is 11.0 Å². The minimum Gasteiger partial charge on any atom is -0.497 e. The number of rotatable bonds is 8. The number of carbonyl (C=O) groups excluding carboxylic acids is 2. The van der Waals surface area contributed by atoms with Crippen LogP contribution in [0.4, 0.5) is 0 Å². The Balaban J connectivity index is 1.26. The van der Waals surface area contributed by atoms with Crippen LogP contribution >= 0.6 is 0 Å². The molecule has 9 nitrogen and oxygen atoms in total. The van der Waals surface area contributed by atoms with Crippen molar-refractivity contribution in [2.75, 3.05) is 27.3 Å². The van der Waals surface area contributed by atoms with Crippen LogP contribution in [0.5, 0.6) is 11.5 Å². The van der Waals surface area contributed by atoms with Crippen molar-refractivity contribution in [2.45, 2.75) is 25.9 Å². The third-order valence-corrected chi connectivity index (χ3v) is 6.57.